The van der Waals surface area contributed by atoms with Crippen LogP contribution in [0, 0.1) is 6.92 Å². The molecule has 1 unspecified atom stereocenters. The van der Waals surface area contributed by atoms with E-state index in [9.17, 15) is 0 Å². The summed E-state index contributed by atoms with van der Waals surface area (Å²) in [5.74, 6) is 2.55. The van der Waals surface area contributed by atoms with Crippen molar-refractivity contribution in [3.63, 3.8) is 0 Å². The molecular formula is C16H31N7O. The predicted molar refractivity (Wildman–Crippen MR) is 95.0 cm³/mol. The lowest BCUT2D eigenvalue weighted by Crippen LogP contribution is -2.45. The number of hydrogen-bond donors (Lipinski definition) is 2. The van der Waals surface area contributed by atoms with Gasteiger partial charge in [-0.1, -0.05) is 6.92 Å². The van der Waals surface area contributed by atoms with Gasteiger partial charge >= 0.3 is 0 Å². The number of methoxy groups -OCH3 is 1. The molecule has 136 valence electrons. The molecule has 2 N–H and O–H groups in total. The molecule has 0 aliphatic carbocycles. The number of hydrogen-bond acceptors (Lipinski definition) is 5. The molecule has 0 amide bonds. The third kappa shape index (κ3) is 5.17. The maximum Gasteiger partial charge on any atom is 0.191 e. The molecule has 1 aromatic rings. The molecule has 24 heavy (non-hydrogen) atoms. The third-order valence-corrected chi connectivity index (χ3v) is 4.57. The van der Waals surface area contributed by atoms with Crippen LogP contribution in [0.25, 0.3) is 0 Å². The molecule has 1 aliphatic rings. The van der Waals surface area contributed by atoms with Gasteiger partial charge in [-0.3, -0.25) is 4.90 Å². The number of rotatable bonds is 8. The summed E-state index contributed by atoms with van der Waals surface area (Å²) >= 11 is 0. The van der Waals surface area contributed by atoms with Gasteiger partial charge in [0.25, 0.3) is 0 Å². The highest BCUT2D eigenvalue weighted by Gasteiger charge is 2.22. The lowest BCUT2D eigenvalue weighted by Gasteiger charge is -2.24. The molecule has 8 heteroatoms. The van der Waals surface area contributed by atoms with Crippen molar-refractivity contribution in [1.29, 1.82) is 0 Å². The Morgan fingerprint density at radius 2 is 2.21 bits per heavy atom. The summed E-state index contributed by atoms with van der Waals surface area (Å²) in [4.78, 5) is 7.17. The molecule has 0 radical (unpaired) electrons. The summed E-state index contributed by atoms with van der Waals surface area (Å²) in [6, 6.07) is 0.585. The van der Waals surface area contributed by atoms with E-state index >= 15 is 0 Å². The fraction of sp³-hybridized carbons (Fsp3) is 0.812. The van der Waals surface area contributed by atoms with Crippen molar-refractivity contribution >= 4 is 5.96 Å². The number of nitrogens with zero attached hydrogens (tertiary/aromatic N) is 5. The number of likely N-dealkylation sites (tertiary alicyclic amines) is 1. The topological polar surface area (TPSA) is 79.6 Å². The summed E-state index contributed by atoms with van der Waals surface area (Å²) in [6.45, 7) is 9.25. The molecule has 0 bridgehead atoms. The second-order valence-electron chi connectivity index (χ2n) is 6.11. The maximum absolute atomic E-state index is 5.11. The number of ether oxygens (including phenoxy) is 1. The van der Waals surface area contributed by atoms with Crippen LogP contribution >= 0.6 is 0 Å². The quantitative estimate of drug-likeness (QED) is 0.403. The van der Waals surface area contributed by atoms with E-state index < -0.39 is 0 Å². The minimum Gasteiger partial charge on any atom is -0.383 e. The van der Waals surface area contributed by atoms with Crippen molar-refractivity contribution in [2.45, 2.75) is 39.3 Å². The minimum atomic E-state index is 0.502. The molecule has 1 aliphatic heterocycles. The van der Waals surface area contributed by atoms with Crippen LogP contribution in [0.5, 0.6) is 0 Å². The van der Waals surface area contributed by atoms with E-state index in [1.807, 2.05) is 18.5 Å². The minimum absolute atomic E-state index is 0.502. The smallest absolute Gasteiger partial charge is 0.191 e. The van der Waals surface area contributed by atoms with E-state index in [0.29, 0.717) is 19.2 Å². The number of nitrogens with one attached hydrogen (secondary N) is 2. The standard InChI is InChI=1S/C16H31N7O/c1-5-23-9-6-7-14(23)11-18-16(17-8-10-24-4)19-12-15-21-20-13(2)22(15)3/h14H,5-12H2,1-4H3,(H2,17,18,19). The second kappa shape index (κ2) is 9.58. The molecule has 1 fully saturated rings. The molecule has 0 spiro atoms. The number of guanidine groups is 1. The van der Waals surface area contributed by atoms with Gasteiger partial charge in [-0.2, -0.15) is 0 Å². The zero-order valence-electron chi connectivity index (χ0n) is 15.4. The fourth-order valence-electron chi connectivity index (χ4n) is 2.94. The van der Waals surface area contributed by atoms with Crippen LogP contribution in [0.15, 0.2) is 4.99 Å². The molecular weight excluding hydrogens is 306 g/mol. The Kier molecular flexibility index (Phi) is 7.45. The van der Waals surface area contributed by atoms with Crippen LogP contribution in [0.2, 0.25) is 0 Å². The lowest BCUT2D eigenvalue weighted by molar-refractivity contribution is 0.203. The Morgan fingerprint density at radius 1 is 1.38 bits per heavy atom. The van der Waals surface area contributed by atoms with Crippen LogP contribution in [0.4, 0.5) is 0 Å². The van der Waals surface area contributed by atoms with Gasteiger partial charge in [-0.05, 0) is 32.9 Å². The highest BCUT2D eigenvalue weighted by atomic mass is 16.5. The average molecular weight is 337 g/mol. The van der Waals surface area contributed by atoms with Gasteiger partial charge in [0, 0.05) is 33.3 Å². The van der Waals surface area contributed by atoms with Crippen LogP contribution < -0.4 is 10.6 Å². The highest BCUT2D eigenvalue weighted by Crippen LogP contribution is 2.15. The number of aryl methyl sites for hydroxylation is 1. The van der Waals surface area contributed by atoms with E-state index in [0.717, 1.165) is 37.2 Å². The molecule has 1 atom stereocenters. The van der Waals surface area contributed by atoms with Gasteiger partial charge < -0.3 is 19.9 Å². The molecule has 1 saturated heterocycles. The summed E-state index contributed by atoms with van der Waals surface area (Å²) in [6.07, 6.45) is 2.52. The fourth-order valence-corrected chi connectivity index (χ4v) is 2.94. The van der Waals surface area contributed by atoms with E-state index in [1.54, 1.807) is 7.11 Å². The zero-order valence-corrected chi connectivity index (χ0v) is 15.4. The molecule has 8 nitrogen and oxygen atoms in total. The van der Waals surface area contributed by atoms with Gasteiger partial charge in [0.05, 0.1) is 6.61 Å². The number of likely N-dealkylation sites (N-methyl/N-ethyl adjacent to an activating group) is 1. The first-order valence-electron chi connectivity index (χ1n) is 8.75. The van der Waals surface area contributed by atoms with Gasteiger partial charge in [0.2, 0.25) is 0 Å². The Balaban J connectivity index is 1.92. The van der Waals surface area contributed by atoms with Crippen molar-refractivity contribution in [2.75, 3.05) is 39.9 Å². The van der Waals surface area contributed by atoms with E-state index in [2.05, 4.69) is 37.6 Å². The van der Waals surface area contributed by atoms with Gasteiger partial charge in [-0.15, -0.1) is 10.2 Å². The number of aliphatic imine (C=N–C) groups is 1. The first-order chi connectivity index (χ1) is 11.7. The summed E-state index contributed by atoms with van der Waals surface area (Å²) < 4.78 is 7.07. The van der Waals surface area contributed by atoms with Crippen LogP contribution in [0.3, 0.4) is 0 Å². The van der Waals surface area contributed by atoms with Gasteiger partial charge in [-0.25, -0.2) is 4.99 Å². The maximum atomic E-state index is 5.11. The first-order valence-corrected chi connectivity index (χ1v) is 8.75. The van der Waals surface area contributed by atoms with Crippen molar-refractivity contribution in [2.24, 2.45) is 12.0 Å². The molecule has 2 heterocycles. The van der Waals surface area contributed by atoms with Crippen molar-refractivity contribution in [3.05, 3.63) is 11.6 Å². The summed E-state index contributed by atoms with van der Waals surface area (Å²) in [5, 5.41) is 15.0. The largest absolute Gasteiger partial charge is 0.383 e. The summed E-state index contributed by atoms with van der Waals surface area (Å²) in [7, 11) is 3.66. The third-order valence-electron chi connectivity index (χ3n) is 4.57. The van der Waals surface area contributed by atoms with Crippen molar-refractivity contribution < 1.29 is 4.74 Å². The van der Waals surface area contributed by atoms with E-state index in [-0.39, 0.29) is 0 Å². The Morgan fingerprint density at radius 3 is 2.88 bits per heavy atom. The SMILES string of the molecule is CCN1CCCC1CNC(=NCc1nnc(C)n1C)NCCOC. The normalized spacial score (nSPS) is 19.0. The molecule has 2 rings (SSSR count). The summed E-state index contributed by atoms with van der Waals surface area (Å²) in [5.41, 5.74) is 0. The predicted octanol–water partition coefficient (Wildman–Crippen LogP) is 0.289. The van der Waals surface area contributed by atoms with E-state index in [1.165, 1.54) is 19.4 Å². The van der Waals surface area contributed by atoms with Crippen LogP contribution in [-0.2, 0) is 18.3 Å². The lowest BCUT2D eigenvalue weighted by atomic mass is 10.2. The van der Waals surface area contributed by atoms with Crippen LogP contribution in [-0.4, -0.2) is 71.6 Å². The average Bonchev–Trinajstić information content (AvgIpc) is 3.17. The second-order valence-corrected chi connectivity index (χ2v) is 6.11. The van der Waals surface area contributed by atoms with Crippen molar-refractivity contribution in [1.82, 2.24) is 30.3 Å². The highest BCUT2D eigenvalue weighted by molar-refractivity contribution is 5.79. The zero-order chi connectivity index (χ0) is 17.4. The Bertz CT molecular complexity index is 528. The number of aromatic nitrogens is 3. The Labute approximate surface area is 144 Å². The van der Waals surface area contributed by atoms with E-state index in [4.69, 9.17) is 4.74 Å². The monoisotopic (exact) mass is 337 g/mol. The molecule has 1 aromatic heterocycles. The first kappa shape index (κ1) is 18.7. The van der Waals surface area contributed by atoms with Gasteiger partial charge in [0.1, 0.15) is 12.4 Å². The van der Waals surface area contributed by atoms with Crippen LogP contribution in [0.1, 0.15) is 31.4 Å². The van der Waals surface area contributed by atoms with Gasteiger partial charge in [0.15, 0.2) is 11.8 Å². The molecule has 0 aromatic carbocycles. The molecule has 0 saturated carbocycles. The van der Waals surface area contributed by atoms with Crippen molar-refractivity contribution in [3.8, 4) is 0 Å². The Hall–Kier alpha value is -1.67.